The maximum Gasteiger partial charge on any atom is 0.227 e. The summed E-state index contributed by atoms with van der Waals surface area (Å²) in [4.78, 5) is 11.6. The lowest BCUT2D eigenvalue weighted by atomic mass is 10.2. The summed E-state index contributed by atoms with van der Waals surface area (Å²) >= 11 is 3.36. The van der Waals surface area contributed by atoms with Crippen molar-refractivity contribution in [2.75, 3.05) is 5.32 Å². The van der Waals surface area contributed by atoms with Gasteiger partial charge in [0.25, 0.3) is 0 Å². The second-order valence-corrected chi connectivity index (χ2v) is 5.33. The summed E-state index contributed by atoms with van der Waals surface area (Å²) < 4.78 is 2.71. The third-order valence-corrected chi connectivity index (χ3v) is 3.31. The van der Waals surface area contributed by atoms with Crippen molar-refractivity contribution in [3.8, 4) is 5.69 Å². The van der Waals surface area contributed by atoms with E-state index >= 15 is 0 Å². The molecule has 1 aromatic carbocycles. The van der Waals surface area contributed by atoms with Crippen LogP contribution in [0.5, 0.6) is 0 Å². The SMILES string of the molecule is O=C(Nc1ccc(-n2cc(Br)cn2)cc1)C1CC1. The first kappa shape index (κ1) is 11.5. The number of amides is 1. The lowest BCUT2D eigenvalue weighted by Crippen LogP contribution is -2.13. The molecule has 18 heavy (non-hydrogen) atoms. The highest BCUT2D eigenvalue weighted by Gasteiger charge is 2.29. The first-order valence-corrected chi connectivity index (χ1v) is 6.63. The molecule has 0 radical (unpaired) electrons. The van der Waals surface area contributed by atoms with Crippen molar-refractivity contribution < 1.29 is 4.79 Å². The van der Waals surface area contributed by atoms with Gasteiger partial charge in [0, 0.05) is 17.8 Å². The van der Waals surface area contributed by atoms with Gasteiger partial charge in [-0.25, -0.2) is 4.68 Å². The Hall–Kier alpha value is -1.62. The normalized spacial score (nSPS) is 14.5. The summed E-state index contributed by atoms with van der Waals surface area (Å²) in [7, 11) is 0. The monoisotopic (exact) mass is 305 g/mol. The maximum absolute atomic E-state index is 11.6. The number of benzene rings is 1. The largest absolute Gasteiger partial charge is 0.326 e. The zero-order chi connectivity index (χ0) is 12.5. The number of carbonyl (C=O) groups is 1. The van der Waals surface area contributed by atoms with Crippen LogP contribution in [-0.4, -0.2) is 15.7 Å². The molecular formula is C13H12BrN3O. The summed E-state index contributed by atoms with van der Waals surface area (Å²) in [5.41, 5.74) is 1.80. The summed E-state index contributed by atoms with van der Waals surface area (Å²) in [6.07, 6.45) is 5.66. The van der Waals surface area contributed by atoms with Crippen molar-refractivity contribution in [1.29, 1.82) is 0 Å². The van der Waals surface area contributed by atoms with Gasteiger partial charge in [-0.15, -0.1) is 0 Å². The van der Waals surface area contributed by atoms with Crippen LogP contribution in [0.2, 0.25) is 0 Å². The fraction of sp³-hybridized carbons (Fsp3) is 0.231. The van der Waals surface area contributed by atoms with Crippen LogP contribution in [0.15, 0.2) is 41.1 Å². The number of halogens is 1. The van der Waals surface area contributed by atoms with E-state index in [0.29, 0.717) is 0 Å². The third-order valence-electron chi connectivity index (χ3n) is 2.90. The number of carbonyl (C=O) groups excluding carboxylic acids is 1. The van der Waals surface area contributed by atoms with Crippen LogP contribution in [0.1, 0.15) is 12.8 Å². The van der Waals surface area contributed by atoms with E-state index in [2.05, 4.69) is 26.3 Å². The van der Waals surface area contributed by atoms with Gasteiger partial charge in [0.1, 0.15) is 0 Å². The fourth-order valence-corrected chi connectivity index (χ4v) is 2.01. The molecule has 0 unspecified atom stereocenters. The van der Waals surface area contributed by atoms with E-state index in [1.807, 2.05) is 30.5 Å². The van der Waals surface area contributed by atoms with Gasteiger partial charge in [0.05, 0.1) is 16.4 Å². The van der Waals surface area contributed by atoms with Crippen LogP contribution in [0.4, 0.5) is 5.69 Å². The summed E-state index contributed by atoms with van der Waals surface area (Å²) in [5.74, 6) is 0.358. The number of nitrogens with zero attached hydrogens (tertiary/aromatic N) is 2. The quantitative estimate of drug-likeness (QED) is 0.947. The highest BCUT2D eigenvalue weighted by molar-refractivity contribution is 9.10. The first-order chi connectivity index (χ1) is 8.72. The van der Waals surface area contributed by atoms with Crippen molar-refractivity contribution >= 4 is 27.5 Å². The minimum absolute atomic E-state index is 0.129. The summed E-state index contributed by atoms with van der Waals surface area (Å²) in [6, 6.07) is 7.65. The van der Waals surface area contributed by atoms with Crippen molar-refractivity contribution in [3.63, 3.8) is 0 Å². The molecule has 92 valence electrons. The molecule has 1 saturated carbocycles. The third kappa shape index (κ3) is 2.46. The average Bonchev–Trinajstić information content (AvgIpc) is 3.13. The summed E-state index contributed by atoms with van der Waals surface area (Å²) in [6.45, 7) is 0. The van der Waals surface area contributed by atoms with Gasteiger partial charge in [0.2, 0.25) is 5.91 Å². The predicted octanol–water partition coefficient (Wildman–Crippen LogP) is 2.98. The Morgan fingerprint density at radius 3 is 2.61 bits per heavy atom. The van der Waals surface area contributed by atoms with Crippen molar-refractivity contribution in [1.82, 2.24) is 9.78 Å². The number of rotatable bonds is 3. The van der Waals surface area contributed by atoms with Crippen molar-refractivity contribution in [2.24, 2.45) is 5.92 Å². The fourth-order valence-electron chi connectivity index (χ4n) is 1.73. The molecule has 4 nitrogen and oxygen atoms in total. The molecule has 3 rings (SSSR count). The number of hydrogen-bond donors (Lipinski definition) is 1. The number of hydrogen-bond acceptors (Lipinski definition) is 2. The molecule has 1 fully saturated rings. The molecule has 0 aliphatic heterocycles. The topological polar surface area (TPSA) is 46.9 Å². The Morgan fingerprint density at radius 2 is 2.06 bits per heavy atom. The molecule has 1 N–H and O–H groups in total. The molecular weight excluding hydrogens is 294 g/mol. The van der Waals surface area contributed by atoms with E-state index in [1.54, 1.807) is 10.9 Å². The highest BCUT2D eigenvalue weighted by atomic mass is 79.9. The molecule has 2 aromatic rings. The van der Waals surface area contributed by atoms with Gasteiger partial charge in [-0.2, -0.15) is 5.10 Å². The first-order valence-electron chi connectivity index (χ1n) is 5.84. The van der Waals surface area contributed by atoms with Crippen LogP contribution < -0.4 is 5.32 Å². The minimum atomic E-state index is 0.129. The molecule has 1 heterocycles. The Kier molecular flexibility index (Phi) is 2.91. The molecule has 0 saturated heterocycles. The van der Waals surface area contributed by atoms with Crippen LogP contribution in [0, 0.1) is 5.92 Å². The highest BCUT2D eigenvalue weighted by Crippen LogP contribution is 2.30. The van der Waals surface area contributed by atoms with E-state index < -0.39 is 0 Å². The molecule has 0 atom stereocenters. The maximum atomic E-state index is 11.6. The van der Waals surface area contributed by atoms with Crippen LogP contribution in [0.25, 0.3) is 5.69 Å². The Balaban J connectivity index is 1.74. The molecule has 0 bridgehead atoms. The Morgan fingerprint density at radius 1 is 1.33 bits per heavy atom. The van der Waals surface area contributed by atoms with Gasteiger partial charge in [-0.3, -0.25) is 4.79 Å². The average molecular weight is 306 g/mol. The number of anilines is 1. The molecule has 1 aliphatic carbocycles. The lowest BCUT2D eigenvalue weighted by Gasteiger charge is -2.05. The van der Waals surface area contributed by atoms with E-state index in [4.69, 9.17) is 0 Å². The number of nitrogens with one attached hydrogen (secondary N) is 1. The van der Waals surface area contributed by atoms with E-state index in [-0.39, 0.29) is 11.8 Å². The van der Waals surface area contributed by atoms with Gasteiger partial charge < -0.3 is 5.32 Å². The Labute approximate surface area is 113 Å². The lowest BCUT2D eigenvalue weighted by molar-refractivity contribution is -0.117. The second kappa shape index (κ2) is 4.57. The minimum Gasteiger partial charge on any atom is -0.326 e. The smallest absolute Gasteiger partial charge is 0.227 e. The van der Waals surface area contributed by atoms with Gasteiger partial charge in [-0.05, 0) is 53.0 Å². The molecule has 1 aliphatic rings. The van der Waals surface area contributed by atoms with E-state index in [1.165, 1.54) is 0 Å². The second-order valence-electron chi connectivity index (χ2n) is 4.41. The van der Waals surface area contributed by atoms with Crippen LogP contribution in [-0.2, 0) is 4.79 Å². The number of aromatic nitrogens is 2. The Bertz CT molecular complexity index is 572. The van der Waals surface area contributed by atoms with Gasteiger partial charge in [0.15, 0.2) is 0 Å². The van der Waals surface area contributed by atoms with E-state index in [0.717, 1.165) is 28.7 Å². The molecule has 5 heteroatoms. The molecule has 0 spiro atoms. The van der Waals surface area contributed by atoms with E-state index in [9.17, 15) is 4.79 Å². The van der Waals surface area contributed by atoms with Gasteiger partial charge in [-0.1, -0.05) is 0 Å². The molecule has 1 aromatic heterocycles. The van der Waals surface area contributed by atoms with Crippen LogP contribution in [0.3, 0.4) is 0 Å². The van der Waals surface area contributed by atoms with Crippen molar-refractivity contribution in [2.45, 2.75) is 12.8 Å². The predicted molar refractivity (Wildman–Crippen MR) is 72.6 cm³/mol. The molecule has 1 amide bonds. The van der Waals surface area contributed by atoms with Crippen LogP contribution >= 0.6 is 15.9 Å². The van der Waals surface area contributed by atoms with Crippen molar-refractivity contribution in [3.05, 3.63) is 41.1 Å². The summed E-state index contributed by atoms with van der Waals surface area (Å²) in [5, 5.41) is 7.11. The standard InChI is InChI=1S/C13H12BrN3O/c14-10-7-15-17(8-10)12-5-3-11(4-6-12)16-13(18)9-1-2-9/h3-9H,1-2H2,(H,16,18). The zero-order valence-electron chi connectivity index (χ0n) is 9.64. The zero-order valence-corrected chi connectivity index (χ0v) is 11.2. The van der Waals surface area contributed by atoms with Gasteiger partial charge >= 0.3 is 0 Å².